The molecule has 7 heteroatoms. The summed E-state index contributed by atoms with van der Waals surface area (Å²) < 4.78 is 5.55. The standard InChI is InChI=1S/C19H26N4O2S/c1-4-20-19(22-13-17-9-6-10-26-17)21-12-15-7-5-8-16(11-15)25-14-18(24)23(2)3/h5-11H,4,12-14H2,1-3H3,(H2,20,21,22). The van der Waals surface area contributed by atoms with Crippen molar-refractivity contribution in [1.82, 2.24) is 15.5 Å². The molecule has 2 aromatic rings. The lowest BCUT2D eigenvalue weighted by Gasteiger charge is -2.12. The topological polar surface area (TPSA) is 66.0 Å². The highest BCUT2D eigenvalue weighted by molar-refractivity contribution is 7.09. The Morgan fingerprint density at radius 3 is 2.77 bits per heavy atom. The number of nitrogens with zero attached hydrogens (tertiary/aromatic N) is 2. The number of carbonyl (C=O) groups excluding carboxylic acids is 1. The maximum Gasteiger partial charge on any atom is 0.259 e. The number of thiophene rings is 1. The quantitative estimate of drug-likeness (QED) is 0.550. The van der Waals surface area contributed by atoms with Crippen LogP contribution in [-0.2, 0) is 17.9 Å². The minimum atomic E-state index is -0.0689. The van der Waals surface area contributed by atoms with Crippen LogP contribution < -0.4 is 15.4 Å². The highest BCUT2D eigenvalue weighted by Gasteiger charge is 2.05. The van der Waals surface area contributed by atoms with Gasteiger partial charge in [0, 0.05) is 25.5 Å². The molecular formula is C19H26N4O2S. The SMILES string of the molecule is CCNC(=NCc1cccc(OCC(=O)N(C)C)c1)NCc1cccs1. The molecule has 6 nitrogen and oxygen atoms in total. The summed E-state index contributed by atoms with van der Waals surface area (Å²) in [7, 11) is 3.42. The van der Waals surface area contributed by atoms with Gasteiger partial charge in [0.05, 0.1) is 13.1 Å². The number of guanidine groups is 1. The van der Waals surface area contributed by atoms with Gasteiger partial charge < -0.3 is 20.3 Å². The van der Waals surface area contributed by atoms with Gasteiger partial charge in [-0.3, -0.25) is 4.79 Å². The van der Waals surface area contributed by atoms with E-state index in [4.69, 9.17) is 4.74 Å². The minimum Gasteiger partial charge on any atom is -0.484 e. The first-order valence-corrected chi connectivity index (χ1v) is 9.43. The lowest BCUT2D eigenvalue weighted by atomic mass is 10.2. The van der Waals surface area contributed by atoms with Crippen molar-refractivity contribution in [2.24, 2.45) is 4.99 Å². The number of carbonyl (C=O) groups is 1. The minimum absolute atomic E-state index is 0.0325. The van der Waals surface area contributed by atoms with Crippen molar-refractivity contribution in [1.29, 1.82) is 0 Å². The maximum absolute atomic E-state index is 11.6. The van der Waals surface area contributed by atoms with Gasteiger partial charge in [0.15, 0.2) is 12.6 Å². The van der Waals surface area contributed by atoms with E-state index in [0.717, 1.165) is 24.6 Å². The summed E-state index contributed by atoms with van der Waals surface area (Å²) in [6.07, 6.45) is 0. The lowest BCUT2D eigenvalue weighted by molar-refractivity contribution is -0.130. The van der Waals surface area contributed by atoms with E-state index in [2.05, 4.69) is 27.1 Å². The molecule has 0 aliphatic carbocycles. The highest BCUT2D eigenvalue weighted by Crippen LogP contribution is 2.14. The molecule has 0 unspecified atom stereocenters. The molecule has 2 N–H and O–H groups in total. The molecule has 0 saturated carbocycles. The van der Waals surface area contributed by atoms with E-state index in [1.54, 1.807) is 25.4 Å². The fourth-order valence-electron chi connectivity index (χ4n) is 2.10. The third-order valence-electron chi connectivity index (χ3n) is 3.53. The van der Waals surface area contributed by atoms with Gasteiger partial charge in [-0.1, -0.05) is 18.2 Å². The zero-order chi connectivity index (χ0) is 18.8. The second-order valence-corrected chi connectivity index (χ2v) is 6.88. The van der Waals surface area contributed by atoms with Crippen LogP contribution in [0.3, 0.4) is 0 Å². The molecule has 1 amide bonds. The number of nitrogens with one attached hydrogen (secondary N) is 2. The van der Waals surface area contributed by atoms with E-state index < -0.39 is 0 Å². The van der Waals surface area contributed by atoms with E-state index in [1.807, 2.05) is 37.3 Å². The second kappa shape index (κ2) is 10.5. The molecule has 0 bridgehead atoms. The molecule has 0 atom stereocenters. The number of likely N-dealkylation sites (N-methyl/N-ethyl adjacent to an activating group) is 1. The number of hydrogen-bond donors (Lipinski definition) is 2. The van der Waals surface area contributed by atoms with Crippen molar-refractivity contribution in [2.45, 2.75) is 20.0 Å². The molecule has 1 aromatic carbocycles. The molecule has 0 spiro atoms. The number of benzene rings is 1. The molecule has 1 heterocycles. The number of hydrogen-bond acceptors (Lipinski definition) is 4. The van der Waals surface area contributed by atoms with Gasteiger partial charge in [0.1, 0.15) is 5.75 Å². The zero-order valence-corrected chi connectivity index (χ0v) is 16.3. The van der Waals surface area contributed by atoms with Crippen LogP contribution in [0.4, 0.5) is 0 Å². The third-order valence-corrected chi connectivity index (χ3v) is 4.41. The summed E-state index contributed by atoms with van der Waals surface area (Å²) in [4.78, 5) is 19.0. The third kappa shape index (κ3) is 6.76. The average molecular weight is 375 g/mol. The Balaban J connectivity index is 1.93. The number of aliphatic imine (C=N–C) groups is 1. The Morgan fingerprint density at radius 1 is 1.23 bits per heavy atom. The Hall–Kier alpha value is -2.54. The summed E-state index contributed by atoms with van der Waals surface area (Å²) in [6.45, 7) is 4.15. The summed E-state index contributed by atoms with van der Waals surface area (Å²) in [5.74, 6) is 1.38. The van der Waals surface area contributed by atoms with Crippen LogP contribution in [0, 0.1) is 0 Å². The zero-order valence-electron chi connectivity index (χ0n) is 15.5. The molecule has 2 rings (SSSR count). The van der Waals surface area contributed by atoms with Gasteiger partial charge in [0.2, 0.25) is 0 Å². The fourth-order valence-corrected chi connectivity index (χ4v) is 2.75. The smallest absolute Gasteiger partial charge is 0.259 e. The van der Waals surface area contributed by atoms with Crippen LogP contribution >= 0.6 is 11.3 Å². The van der Waals surface area contributed by atoms with Crippen LogP contribution in [0.2, 0.25) is 0 Å². The van der Waals surface area contributed by atoms with Crippen LogP contribution in [0.1, 0.15) is 17.4 Å². The molecule has 0 aliphatic rings. The van der Waals surface area contributed by atoms with Gasteiger partial charge in [-0.05, 0) is 36.1 Å². The average Bonchev–Trinajstić information content (AvgIpc) is 3.16. The van der Waals surface area contributed by atoms with Gasteiger partial charge in [0.25, 0.3) is 5.91 Å². The Kier molecular flexibility index (Phi) is 7.95. The van der Waals surface area contributed by atoms with E-state index in [1.165, 1.54) is 9.78 Å². The van der Waals surface area contributed by atoms with Crippen molar-refractivity contribution < 1.29 is 9.53 Å². The van der Waals surface area contributed by atoms with E-state index in [-0.39, 0.29) is 12.5 Å². The summed E-state index contributed by atoms with van der Waals surface area (Å²) in [6, 6.07) is 11.8. The summed E-state index contributed by atoms with van der Waals surface area (Å²) >= 11 is 1.72. The highest BCUT2D eigenvalue weighted by atomic mass is 32.1. The predicted octanol–water partition coefficient (Wildman–Crippen LogP) is 2.47. The maximum atomic E-state index is 11.6. The van der Waals surface area contributed by atoms with Crippen molar-refractivity contribution in [2.75, 3.05) is 27.2 Å². The van der Waals surface area contributed by atoms with Gasteiger partial charge in [-0.15, -0.1) is 11.3 Å². The van der Waals surface area contributed by atoms with Crippen molar-refractivity contribution in [3.63, 3.8) is 0 Å². The van der Waals surface area contributed by atoms with Crippen LogP contribution in [-0.4, -0.2) is 44.0 Å². The van der Waals surface area contributed by atoms with Crippen LogP contribution in [0.15, 0.2) is 46.8 Å². The normalized spacial score (nSPS) is 11.1. The number of amides is 1. The second-order valence-electron chi connectivity index (χ2n) is 5.85. The molecule has 0 aliphatic heterocycles. The fraction of sp³-hybridized carbons (Fsp3) is 0.368. The van der Waals surface area contributed by atoms with E-state index >= 15 is 0 Å². The van der Waals surface area contributed by atoms with Gasteiger partial charge >= 0.3 is 0 Å². The lowest BCUT2D eigenvalue weighted by Crippen LogP contribution is -2.36. The Morgan fingerprint density at radius 2 is 2.08 bits per heavy atom. The van der Waals surface area contributed by atoms with Crippen LogP contribution in [0.5, 0.6) is 5.75 Å². The van der Waals surface area contributed by atoms with Gasteiger partial charge in [-0.2, -0.15) is 0 Å². The Bertz CT molecular complexity index is 714. The molecule has 0 saturated heterocycles. The van der Waals surface area contributed by atoms with E-state index in [9.17, 15) is 4.79 Å². The van der Waals surface area contributed by atoms with Crippen molar-refractivity contribution in [3.05, 3.63) is 52.2 Å². The van der Waals surface area contributed by atoms with Crippen LogP contribution in [0.25, 0.3) is 0 Å². The summed E-state index contributed by atoms with van der Waals surface area (Å²) in [5, 5.41) is 8.64. The molecule has 0 radical (unpaired) electrons. The van der Waals surface area contributed by atoms with Crippen molar-refractivity contribution >= 4 is 23.2 Å². The molecular weight excluding hydrogens is 348 g/mol. The number of ether oxygens (including phenoxy) is 1. The first-order valence-electron chi connectivity index (χ1n) is 8.55. The van der Waals surface area contributed by atoms with E-state index in [0.29, 0.717) is 12.3 Å². The monoisotopic (exact) mass is 374 g/mol. The summed E-state index contributed by atoms with van der Waals surface area (Å²) in [5.41, 5.74) is 1.02. The molecule has 140 valence electrons. The molecule has 1 aromatic heterocycles. The Labute approximate surface area is 158 Å². The number of rotatable bonds is 8. The largest absolute Gasteiger partial charge is 0.484 e. The molecule has 26 heavy (non-hydrogen) atoms. The molecule has 0 fully saturated rings. The first kappa shape index (κ1) is 19.8. The van der Waals surface area contributed by atoms with Crippen molar-refractivity contribution in [3.8, 4) is 5.75 Å². The predicted molar refractivity (Wildman–Crippen MR) is 107 cm³/mol. The van der Waals surface area contributed by atoms with Gasteiger partial charge in [-0.25, -0.2) is 4.99 Å². The first-order chi connectivity index (χ1) is 12.6.